The van der Waals surface area contributed by atoms with Crippen LogP contribution >= 0.6 is 0 Å². The number of hydrogen-bond acceptors (Lipinski definition) is 5. The van der Waals surface area contributed by atoms with Crippen LogP contribution in [-0.2, 0) is 20.8 Å². The van der Waals surface area contributed by atoms with Crippen LogP contribution in [0, 0.1) is 11.3 Å². The molecule has 1 atom stereocenters. The van der Waals surface area contributed by atoms with Crippen LogP contribution in [0.2, 0.25) is 0 Å². The Morgan fingerprint density at radius 3 is 2.56 bits per heavy atom. The zero-order valence-electron chi connectivity index (χ0n) is 12.8. The van der Waals surface area contributed by atoms with E-state index in [2.05, 4.69) is 10.6 Å². The molecule has 1 unspecified atom stereocenters. The number of amides is 1. The van der Waals surface area contributed by atoms with E-state index in [9.17, 15) is 26.4 Å². The van der Waals surface area contributed by atoms with Gasteiger partial charge in [-0.1, -0.05) is 12.1 Å². The molecule has 1 aromatic carbocycles. The minimum atomic E-state index is -4.66. The van der Waals surface area contributed by atoms with E-state index < -0.39 is 44.8 Å². The van der Waals surface area contributed by atoms with E-state index in [0.717, 1.165) is 18.3 Å². The quantitative estimate of drug-likeness (QED) is 0.620. The number of anilines is 1. The van der Waals surface area contributed by atoms with Crippen LogP contribution in [-0.4, -0.2) is 31.9 Å². The lowest BCUT2D eigenvalue weighted by Crippen LogP contribution is -2.27. The van der Waals surface area contributed by atoms with E-state index in [1.807, 2.05) is 0 Å². The Bertz CT molecular complexity index is 842. The van der Waals surface area contributed by atoms with Crippen LogP contribution in [0.4, 0.5) is 18.9 Å². The Morgan fingerprint density at radius 1 is 1.32 bits per heavy atom. The van der Waals surface area contributed by atoms with Crippen LogP contribution in [0.1, 0.15) is 12.0 Å². The van der Waals surface area contributed by atoms with Crippen molar-refractivity contribution in [1.29, 1.82) is 5.26 Å². The summed E-state index contributed by atoms with van der Waals surface area (Å²) in [5.41, 5.74) is -1.96. The first-order valence-corrected chi connectivity index (χ1v) is 8.99. The second-order valence-electron chi connectivity index (χ2n) is 5.43. The van der Waals surface area contributed by atoms with Crippen molar-refractivity contribution in [3.8, 4) is 6.07 Å². The molecule has 25 heavy (non-hydrogen) atoms. The van der Waals surface area contributed by atoms with Gasteiger partial charge < -0.3 is 10.6 Å². The third-order valence-electron chi connectivity index (χ3n) is 3.54. The third kappa shape index (κ3) is 4.96. The Labute approximate surface area is 142 Å². The summed E-state index contributed by atoms with van der Waals surface area (Å²) in [6, 6.07) is 5.53. The number of sulfone groups is 1. The molecular formula is C15H14F3N3O3S. The summed E-state index contributed by atoms with van der Waals surface area (Å²) in [5.74, 6) is -1.14. The molecule has 1 saturated heterocycles. The minimum absolute atomic E-state index is 0.00550. The van der Waals surface area contributed by atoms with Crippen molar-refractivity contribution >= 4 is 21.4 Å². The highest BCUT2D eigenvalue weighted by molar-refractivity contribution is 7.91. The van der Waals surface area contributed by atoms with Crippen LogP contribution < -0.4 is 10.6 Å². The van der Waals surface area contributed by atoms with Crippen molar-refractivity contribution in [1.82, 2.24) is 5.32 Å². The average Bonchev–Trinajstić information content (AvgIpc) is 2.86. The number of rotatable bonds is 4. The molecule has 1 amide bonds. The summed E-state index contributed by atoms with van der Waals surface area (Å²) >= 11 is 0. The highest BCUT2D eigenvalue weighted by Crippen LogP contribution is 2.34. The van der Waals surface area contributed by atoms with Gasteiger partial charge in [-0.2, -0.15) is 18.4 Å². The maximum atomic E-state index is 12.9. The number of benzene rings is 1. The number of halogens is 3. The van der Waals surface area contributed by atoms with Crippen LogP contribution in [0.3, 0.4) is 0 Å². The fourth-order valence-corrected chi connectivity index (χ4v) is 3.99. The normalized spacial score (nSPS) is 19.9. The summed E-state index contributed by atoms with van der Waals surface area (Å²) < 4.78 is 61.4. The van der Waals surface area contributed by atoms with Crippen LogP contribution in [0.5, 0.6) is 0 Å². The molecule has 1 aliphatic rings. The molecule has 0 bridgehead atoms. The number of carbonyl (C=O) groups is 1. The van der Waals surface area contributed by atoms with E-state index in [4.69, 9.17) is 5.26 Å². The molecule has 0 spiro atoms. The van der Waals surface area contributed by atoms with Gasteiger partial charge in [-0.3, -0.25) is 4.79 Å². The average molecular weight is 373 g/mol. The maximum Gasteiger partial charge on any atom is 0.418 e. The molecule has 0 aromatic heterocycles. The molecule has 1 fully saturated rings. The SMILES string of the molecule is N#C/C(=C/NC1CCS(=O)(=O)C1)C(=O)Nc1ccccc1C(F)(F)F. The number of nitrogens with zero attached hydrogens (tertiary/aromatic N) is 1. The second kappa shape index (κ2) is 7.14. The van der Waals surface area contributed by atoms with Crippen molar-refractivity contribution in [3.05, 3.63) is 41.6 Å². The predicted molar refractivity (Wildman–Crippen MR) is 84.0 cm³/mol. The van der Waals surface area contributed by atoms with Crippen LogP contribution in [0.15, 0.2) is 36.0 Å². The third-order valence-corrected chi connectivity index (χ3v) is 5.31. The lowest BCUT2D eigenvalue weighted by atomic mass is 10.1. The Balaban J connectivity index is 2.11. The molecule has 0 saturated carbocycles. The van der Waals surface area contributed by atoms with Gasteiger partial charge in [-0.05, 0) is 18.6 Å². The minimum Gasteiger partial charge on any atom is -0.386 e. The van der Waals surface area contributed by atoms with Gasteiger partial charge in [0.1, 0.15) is 11.6 Å². The first-order chi connectivity index (χ1) is 11.6. The molecule has 1 aromatic rings. The molecule has 6 nitrogen and oxygen atoms in total. The van der Waals surface area contributed by atoms with Crippen molar-refractivity contribution in [2.75, 3.05) is 16.8 Å². The lowest BCUT2D eigenvalue weighted by Gasteiger charge is -2.13. The van der Waals surface area contributed by atoms with Crippen molar-refractivity contribution in [3.63, 3.8) is 0 Å². The van der Waals surface area contributed by atoms with E-state index in [1.165, 1.54) is 12.1 Å². The van der Waals surface area contributed by atoms with Gasteiger partial charge in [0.2, 0.25) is 0 Å². The van der Waals surface area contributed by atoms with Crippen molar-refractivity contribution in [2.45, 2.75) is 18.6 Å². The molecular weight excluding hydrogens is 359 g/mol. The number of nitriles is 1. The first-order valence-electron chi connectivity index (χ1n) is 7.17. The summed E-state index contributed by atoms with van der Waals surface area (Å²) in [6.07, 6.45) is -3.30. The van der Waals surface area contributed by atoms with Gasteiger partial charge >= 0.3 is 6.18 Å². The zero-order chi connectivity index (χ0) is 18.7. The number of para-hydroxylation sites is 1. The van der Waals surface area contributed by atoms with Crippen LogP contribution in [0.25, 0.3) is 0 Å². The molecule has 134 valence electrons. The summed E-state index contributed by atoms with van der Waals surface area (Å²) in [6.45, 7) is 0. The van der Waals surface area contributed by atoms with Gasteiger partial charge in [0.25, 0.3) is 5.91 Å². The lowest BCUT2D eigenvalue weighted by molar-refractivity contribution is -0.137. The van der Waals surface area contributed by atoms with Gasteiger partial charge in [0.05, 0.1) is 22.8 Å². The smallest absolute Gasteiger partial charge is 0.386 e. The highest BCUT2D eigenvalue weighted by atomic mass is 32.2. The van der Waals surface area contributed by atoms with E-state index in [1.54, 1.807) is 6.07 Å². The Kier molecular flexibility index (Phi) is 5.37. The Morgan fingerprint density at radius 2 is 2.00 bits per heavy atom. The number of carbonyl (C=O) groups excluding carboxylic acids is 1. The van der Waals surface area contributed by atoms with Crippen molar-refractivity contribution in [2.24, 2.45) is 0 Å². The molecule has 1 heterocycles. The standard InChI is InChI=1S/C15H14F3N3O3S/c16-15(17,18)12-3-1-2-4-13(12)21-14(22)10(7-19)8-20-11-5-6-25(23,24)9-11/h1-4,8,11,20H,5-6,9H2,(H,21,22)/b10-8-. The molecule has 10 heteroatoms. The fourth-order valence-electron chi connectivity index (χ4n) is 2.31. The monoisotopic (exact) mass is 373 g/mol. The van der Waals surface area contributed by atoms with Gasteiger partial charge in [-0.15, -0.1) is 0 Å². The maximum absolute atomic E-state index is 12.9. The largest absolute Gasteiger partial charge is 0.418 e. The second-order valence-corrected chi connectivity index (χ2v) is 7.66. The molecule has 1 aliphatic heterocycles. The van der Waals surface area contributed by atoms with Gasteiger partial charge in [0.15, 0.2) is 9.84 Å². The fraction of sp³-hybridized carbons (Fsp3) is 0.333. The number of nitrogens with one attached hydrogen (secondary N) is 2. The molecule has 2 N–H and O–H groups in total. The number of alkyl halides is 3. The van der Waals surface area contributed by atoms with Gasteiger partial charge in [0, 0.05) is 12.2 Å². The summed E-state index contributed by atoms with van der Waals surface area (Å²) in [4.78, 5) is 12.0. The number of hydrogen-bond donors (Lipinski definition) is 2. The zero-order valence-corrected chi connectivity index (χ0v) is 13.6. The molecule has 0 aliphatic carbocycles. The molecule has 0 radical (unpaired) electrons. The summed E-state index contributed by atoms with van der Waals surface area (Å²) in [5, 5.41) is 13.7. The van der Waals surface area contributed by atoms with Crippen molar-refractivity contribution < 1.29 is 26.4 Å². The Hall–Kier alpha value is -2.54. The van der Waals surface area contributed by atoms with E-state index in [0.29, 0.717) is 6.42 Å². The molecule has 2 rings (SSSR count). The summed E-state index contributed by atoms with van der Waals surface area (Å²) in [7, 11) is -3.14. The predicted octanol–water partition coefficient (Wildman–Crippen LogP) is 1.83. The first kappa shape index (κ1) is 18.8. The highest BCUT2D eigenvalue weighted by Gasteiger charge is 2.33. The van der Waals surface area contributed by atoms with E-state index in [-0.39, 0.29) is 11.5 Å². The van der Waals surface area contributed by atoms with E-state index >= 15 is 0 Å². The topological polar surface area (TPSA) is 99.1 Å². The van der Waals surface area contributed by atoms with Gasteiger partial charge in [-0.25, -0.2) is 8.42 Å².